The van der Waals surface area contributed by atoms with E-state index in [1.165, 1.54) is 6.33 Å². The summed E-state index contributed by atoms with van der Waals surface area (Å²) in [6.45, 7) is 3.32. The SMILES string of the molecule is CCCC1COC(CCn2cncn2)(c2ccc(Cl)cc2Cl)O1. The van der Waals surface area contributed by atoms with Gasteiger partial charge < -0.3 is 9.47 Å². The van der Waals surface area contributed by atoms with Crippen LogP contribution in [0.25, 0.3) is 0 Å². The molecule has 0 N–H and O–H groups in total. The zero-order chi connectivity index (χ0) is 16.3. The fourth-order valence-corrected chi connectivity index (χ4v) is 3.40. The standard InChI is InChI=1S/C16H19Cl2N3O2/c1-2-3-13-9-22-16(23-13,6-7-21-11-19-10-20-21)14-5-4-12(17)8-15(14)18/h4-5,8,10-11,13H,2-3,6-7,9H2,1H3. The highest BCUT2D eigenvalue weighted by Gasteiger charge is 2.44. The zero-order valence-corrected chi connectivity index (χ0v) is 14.4. The van der Waals surface area contributed by atoms with E-state index in [-0.39, 0.29) is 6.10 Å². The lowest BCUT2D eigenvalue weighted by Gasteiger charge is -2.29. The molecule has 5 nitrogen and oxygen atoms in total. The molecule has 0 amide bonds. The van der Waals surface area contributed by atoms with Crippen LogP contribution in [0.3, 0.4) is 0 Å². The Morgan fingerprint density at radius 3 is 2.96 bits per heavy atom. The Bertz CT molecular complexity index is 651. The molecule has 1 aromatic heterocycles. The fourth-order valence-electron chi connectivity index (χ4n) is 2.84. The smallest absolute Gasteiger partial charge is 0.198 e. The average Bonchev–Trinajstić information content (AvgIpc) is 3.16. The van der Waals surface area contributed by atoms with Crippen LogP contribution in [0.15, 0.2) is 30.9 Å². The van der Waals surface area contributed by atoms with Crippen molar-refractivity contribution in [1.29, 1.82) is 0 Å². The third-order valence-corrected chi connectivity index (χ3v) is 4.50. The van der Waals surface area contributed by atoms with E-state index in [1.54, 1.807) is 23.1 Å². The van der Waals surface area contributed by atoms with E-state index < -0.39 is 5.79 Å². The van der Waals surface area contributed by atoms with Crippen LogP contribution in [-0.2, 0) is 21.8 Å². The maximum absolute atomic E-state index is 6.41. The molecule has 2 heterocycles. The summed E-state index contributed by atoms with van der Waals surface area (Å²) in [6, 6.07) is 5.40. The molecule has 0 spiro atoms. The number of halogens is 2. The summed E-state index contributed by atoms with van der Waals surface area (Å²) in [5.41, 5.74) is 0.808. The van der Waals surface area contributed by atoms with Gasteiger partial charge in [-0.3, -0.25) is 4.68 Å². The molecule has 7 heteroatoms. The van der Waals surface area contributed by atoms with Gasteiger partial charge in [0.1, 0.15) is 12.7 Å². The number of benzene rings is 1. The highest BCUT2D eigenvalue weighted by atomic mass is 35.5. The molecule has 3 rings (SSSR count). The highest BCUT2D eigenvalue weighted by Crippen LogP contribution is 2.42. The van der Waals surface area contributed by atoms with Crippen LogP contribution in [-0.4, -0.2) is 27.5 Å². The maximum atomic E-state index is 6.41. The fraction of sp³-hybridized carbons (Fsp3) is 0.500. The molecule has 2 aromatic rings. The Morgan fingerprint density at radius 2 is 2.26 bits per heavy atom. The normalized spacial score (nSPS) is 24.2. The van der Waals surface area contributed by atoms with Crippen LogP contribution in [0, 0.1) is 0 Å². The maximum Gasteiger partial charge on any atom is 0.198 e. The van der Waals surface area contributed by atoms with Gasteiger partial charge in [0.2, 0.25) is 0 Å². The Kier molecular flexibility index (Phi) is 5.21. The number of ether oxygens (including phenoxy) is 2. The van der Waals surface area contributed by atoms with Crippen molar-refractivity contribution < 1.29 is 9.47 Å². The van der Waals surface area contributed by atoms with Gasteiger partial charge in [-0.25, -0.2) is 4.98 Å². The summed E-state index contributed by atoms with van der Waals surface area (Å²) < 4.78 is 14.1. The van der Waals surface area contributed by atoms with E-state index in [2.05, 4.69) is 17.0 Å². The van der Waals surface area contributed by atoms with Crippen molar-refractivity contribution in [3.8, 4) is 0 Å². The molecule has 1 aromatic carbocycles. The average molecular weight is 356 g/mol. The van der Waals surface area contributed by atoms with Crippen LogP contribution in [0.4, 0.5) is 0 Å². The van der Waals surface area contributed by atoms with Gasteiger partial charge in [0.25, 0.3) is 0 Å². The van der Waals surface area contributed by atoms with Crippen molar-refractivity contribution in [2.45, 2.75) is 44.6 Å². The minimum Gasteiger partial charge on any atom is -0.343 e. The molecule has 1 aliphatic heterocycles. The first kappa shape index (κ1) is 16.7. The molecule has 0 saturated carbocycles. The van der Waals surface area contributed by atoms with E-state index >= 15 is 0 Å². The molecule has 23 heavy (non-hydrogen) atoms. The third-order valence-electron chi connectivity index (χ3n) is 3.95. The summed E-state index contributed by atoms with van der Waals surface area (Å²) in [7, 11) is 0. The zero-order valence-electron chi connectivity index (χ0n) is 12.9. The minimum absolute atomic E-state index is 0.0718. The first-order chi connectivity index (χ1) is 11.1. The molecule has 2 unspecified atom stereocenters. The molecule has 2 atom stereocenters. The second-order valence-electron chi connectivity index (χ2n) is 5.63. The molecule has 1 aliphatic rings. The topological polar surface area (TPSA) is 49.2 Å². The molecular weight excluding hydrogens is 337 g/mol. The van der Waals surface area contributed by atoms with Gasteiger partial charge in [-0.1, -0.05) is 42.6 Å². The number of hydrogen-bond acceptors (Lipinski definition) is 4. The third kappa shape index (κ3) is 3.69. The van der Waals surface area contributed by atoms with Gasteiger partial charge in [-0.2, -0.15) is 5.10 Å². The lowest BCUT2D eigenvalue weighted by atomic mass is 10.0. The van der Waals surface area contributed by atoms with Crippen molar-refractivity contribution >= 4 is 23.2 Å². The van der Waals surface area contributed by atoms with Crippen molar-refractivity contribution in [2.24, 2.45) is 0 Å². The molecular formula is C16H19Cl2N3O2. The molecule has 0 aliphatic carbocycles. The number of nitrogens with zero attached hydrogens (tertiary/aromatic N) is 3. The summed E-state index contributed by atoms with van der Waals surface area (Å²) in [4.78, 5) is 3.96. The van der Waals surface area contributed by atoms with Gasteiger partial charge >= 0.3 is 0 Å². The van der Waals surface area contributed by atoms with Gasteiger partial charge in [-0.15, -0.1) is 0 Å². The Morgan fingerprint density at radius 1 is 1.39 bits per heavy atom. The van der Waals surface area contributed by atoms with Crippen LogP contribution in [0.5, 0.6) is 0 Å². The second kappa shape index (κ2) is 7.18. The predicted molar refractivity (Wildman–Crippen MR) is 88.5 cm³/mol. The van der Waals surface area contributed by atoms with Crippen molar-refractivity contribution in [1.82, 2.24) is 14.8 Å². The summed E-state index contributed by atoms with van der Waals surface area (Å²) in [5, 5.41) is 5.27. The van der Waals surface area contributed by atoms with E-state index in [1.807, 2.05) is 6.07 Å². The van der Waals surface area contributed by atoms with Crippen molar-refractivity contribution in [3.05, 3.63) is 46.5 Å². The van der Waals surface area contributed by atoms with Crippen LogP contribution in [0.2, 0.25) is 10.0 Å². The quantitative estimate of drug-likeness (QED) is 0.784. The van der Waals surface area contributed by atoms with E-state index in [4.69, 9.17) is 32.7 Å². The van der Waals surface area contributed by atoms with Crippen LogP contribution in [0.1, 0.15) is 31.7 Å². The van der Waals surface area contributed by atoms with Crippen molar-refractivity contribution in [2.75, 3.05) is 6.61 Å². The highest BCUT2D eigenvalue weighted by molar-refractivity contribution is 6.35. The minimum atomic E-state index is -0.868. The van der Waals surface area contributed by atoms with Gasteiger partial charge in [0.15, 0.2) is 5.79 Å². The second-order valence-corrected chi connectivity index (χ2v) is 6.47. The van der Waals surface area contributed by atoms with Gasteiger partial charge in [0.05, 0.1) is 17.7 Å². The summed E-state index contributed by atoms with van der Waals surface area (Å²) >= 11 is 12.4. The first-order valence-corrected chi connectivity index (χ1v) is 8.48. The van der Waals surface area contributed by atoms with Crippen LogP contribution < -0.4 is 0 Å². The molecule has 0 radical (unpaired) electrons. The molecule has 0 bridgehead atoms. The molecule has 1 fully saturated rings. The number of rotatable bonds is 6. The van der Waals surface area contributed by atoms with Gasteiger partial charge in [0, 0.05) is 23.6 Å². The Hall–Kier alpha value is -1.14. The van der Waals surface area contributed by atoms with E-state index in [0.717, 1.165) is 18.4 Å². The lowest BCUT2D eigenvalue weighted by Crippen LogP contribution is -2.30. The van der Waals surface area contributed by atoms with E-state index in [0.29, 0.717) is 29.6 Å². The molecule has 124 valence electrons. The number of hydrogen-bond donors (Lipinski definition) is 0. The predicted octanol–water partition coefficient (Wildman–Crippen LogP) is 4.04. The summed E-state index contributed by atoms with van der Waals surface area (Å²) in [6.07, 6.45) is 5.85. The number of aryl methyl sites for hydroxylation is 1. The summed E-state index contributed by atoms with van der Waals surface area (Å²) in [5.74, 6) is -0.868. The Balaban J connectivity index is 1.87. The van der Waals surface area contributed by atoms with Crippen LogP contribution >= 0.6 is 23.2 Å². The number of aromatic nitrogens is 3. The Labute approximate surface area is 145 Å². The molecule has 1 saturated heterocycles. The lowest BCUT2D eigenvalue weighted by molar-refractivity contribution is -0.184. The van der Waals surface area contributed by atoms with Crippen molar-refractivity contribution in [3.63, 3.8) is 0 Å². The monoisotopic (exact) mass is 355 g/mol. The van der Waals surface area contributed by atoms with E-state index in [9.17, 15) is 0 Å². The first-order valence-electron chi connectivity index (χ1n) is 7.72. The van der Waals surface area contributed by atoms with Gasteiger partial charge in [-0.05, 0) is 18.6 Å². The largest absolute Gasteiger partial charge is 0.343 e.